The van der Waals surface area contributed by atoms with Crippen molar-refractivity contribution >= 4 is 23.4 Å². The van der Waals surface area contributed by atoms with Crippen molar-refractivity contribution < 1.29 is 18.8 Å². The first-order valence-electron chi connectivity index (χ1n) is 9.45. The van der Waals surface area contributed by atoms with Crippen molar-refractivity contribution in [2.45, 2.75) is 12.8 Å². The summed E-state index contributed by atoms with van der Waals surface area (Å²) in [6.45, 7) is 2.39. The van der Waals surface area contributed by atoms with Crippen molar-refractivity contribution in [1.29, 1.82) is 0 Å². The summed E-state index contributed by atoms with van der Waals surface area (Å²) >= 11 is 0. The average Bonchev–Trinajstić information content (AvgIpc) is 2.77. The van der Waals surface area contributed by atoms with Crippen molar-refractivity contribution in [2.24, 2.45) is 0 Å². The second-order valence-electron chi connectivity index (χ2n) is 6.71. The van der Waals surface area contributed by atoms with Gasteiger partial charge in [-0.05, 0) is 36.4 Å². The molecule has 2 N–H and O–H groups in total. The number of benzene rings is 2. The summed E-state index contributed by atoms with van der Waals surface area (Å²) < 4.78 is 13.0. The van der Waals surface area contributed by atoms with Crippen molar-refractivity contribution in [3.63, 3.8) is 0 Å². The highest BCUT2D eigenvalue weighted by Crippen LogP contribution is 2.17. The van der Waals surface area contributed by atoms with Crippen LogP contribution in [-0.2, 0) is 9.59 Å². The van der Waals surface area contributed by atoms with Gasteiger partial charge in [-0.3, -0.25) is 25.2 Å². The predicted octanol–water partition coefficient (Wildman–Crippen LogP) is 1.72. The van der Waals surface area contributed by atoms with Gasteiger partial charge in [-0.2, -0.15) is 0 Å². The lowest BCUT2D eigenvalue weighted by molar-refractivity contribution is -0.134. The van der Waals surface area contributed by atoms with Crippen LogP contribution in [0.5, 0.6) is 0 Å². The molecule has 0 aliphatic carbocycles. The second-order valence-corrected chi connectivity index (χ2v) is 6.71. The van der Waals surface area contributed by atoms with Gasteiger partial charge in [0.1, 0.15) is 5.82 Å². The number of nitrogens with zero attached hydrogens (tertiary/aromatic N) is 2. The first-order valence-corrected chi connectivity index (χ1v) is 9.45. The smallest absolute Gasteiger partial charge is 0.269 e. The fourth-order valence-corrected chi connectivity index (χ4v) is 3.10. The topological polar surface area (TPSA) is 81.8 Å². The molecule has 152 valence electrons. The van der Waals surface area contributed by atoms with Gasteiger partial charge in [0.2, 0.25) is 11.8 Å². The average molecular weight is 398 g/mol. The van der Waals surface area contributed by atoms with Crippen LogP contribution in [0.4, 0.5) is 10.1 Å². The summed E-state index contributed by atoms with van der Waals surface area (Å²) in [5.41, 5.74) is 6.01. The number of amides is 3. The van der Waals surface area contributed by atoms with Crippen molar-refractivity contribution in [3.05, 3.63) is 66.0 Å². The van der Waals surface area contributed by atoms with Crippen LogP contribution in [0.25, 0.3) is 0 Å². The Labute approximate surface area is 168 Å². The van der Waals surface area contributed by atoms with Gasteiger partial charge in [-0.25, -0.2) is 4.39 Å². The van der Waals surface area contributed by atoms with E-state index in [0.29, 0.717) is 31.7 Å². The molecule has 1 fully saturated rings. The Balaban J connectivity index is 1.37. The van der Waals surface area contributed by atoms with Crippen LogP contribution in [0.1, 0.15) is 23.2 Å². The molecule has 0 saturated carbocycles. The molecule has 0 aromatic heterocycles. The first kappa shape index (κ1) is 20.3. The van der Waals surface area contributed by atoms with Gasteiger partial charge >= 0.3 is 0 Å². The summed E-state index contributed by atoms with van der Waals surface area (Å²) in [6.07, 6.45) is 0.0651. The van der Waals surface area contributed by atoms with Gasteiger partial charge in [-0.15, -0.1) is 0 Å². The van der Waals surface area contributed by atoms with Crippen LogP contribution >= 0.6 is 0 Å². The zero-order chi connectivity index (χ0) is 20.6. The number of nitrogens with one attached hydrogen (secondary N) is 2. The third-order valence-corrected chi connectivity index (χ3v) is 4.74. The lowest BCUT2D eigenvalue weighted by Gasteiger charge is -2.36. The maximum atomic E-state index is 13.0. The normalized spacial score (nSPS) is 13.7. The Morgan fingerprint density at radius 2 is 1.48 bits per heavy atom. The number of carbonyl (C=O) groups excluding carboxylic acids is 3. The molecule has 3 rings (SSSR count). The van der Waals surface area contributed by atoms with Crippen molar-refractivity contribution in [2.75, 3.05) is 31.1 Å². The van der Waals surface area contributed by atoms with E-state index in [9.17, 15) is 18.8 Å². The summed E-state index contributed by atoms with van der Waals surface area (Å²) in [7, 11) is 0. The molecule has 0 unspecified atom stereocenters. The standard InChI is InChI=1S/C21H23FN4O3/c22-17-6-8-18(9-7-17)25-12-14-26(15-13-25)20(28)11-10-19(27)23-24-21(29)16-4-2-1-3-5-16/h1-9H,10-15H2,(H,23,27)(H,24,29). The number of anilines is 1. The summed E-state index contributed by atoms with van der Waals surface area (Å²) in [6, 6.07) is 14.8. The molecule has 0 atom stereocenters. The van der Waals surface area contributed by atoms with E-state index in [1.165, 1.54) is 12.1 Å². The minimum Gasteiger partial charge on any atom is -0.368 e. The van der Waals surface area contributed by atoms with E-state index in [2.05, 4.69) is 15.8 Å². The van der Waals surface area contributed by atoms with Crippen LogP contribution in [-0.4, -0.2) is 48.8 Å². The van der Waals surface area contributed by atoms with Crippen LogP contribution in [0.2, 0.25) is 0 Å². The molecule has 7 nitrogen and oxygen atoms in total. The number of hydrogen-bond acceptors (Lipinski definition) is 4. The fourth-order valence-electron chi connectivity index (χ4n) is 3.10. The number of hydrogen-bond donors (Lipinski definition) is 2. The van der Waals surface area contributed by atoms with Crippen LogP contribution < -0.4 is 15.8 Å². The monoisotopic (exact) mass is 398 g/mol. The summed E-state index contributed by atoms with van der Waals surface area (Å²) in [4.78, 5) is 39.9. The molecule has 0 bridgehead atoms. The Morgan fingerprint density at radius 3 is 2.14 bits per heavy atom. The quantitative estimate of drug-likeness (QED) is 0.752. The number of carbonyl (C=O) groups is 3. The van der Waals surface area contributed by atoms with Gasteiger partial charge in [-0.1, -0.05) is 18.2 Å². The van der Waals surface area contributed by atoms with E-state index in [1.807, 2.05) is 0 Å². The first-order chi connectivity index (χ1) is 14.0. The van der Waals surface area contributed by atoms with Gasteiger partial charge in [0, 0.05) is 50.3 Å². The highest BCUT2D eigenvalue weighted by molar-refractivity contribution is 5.95. The Bertz CT molecular complexity index is 850. The van der Waals surface area contributed by atoms with Gasteiger partial charge in [0.25, 0.3) is 5.91 Å². The van der Waals surface area contributed by atoms with E-state index in [0.717, 1.165) is 5.69 Å². The molecule has 2 aromatic carbocycles. The minimum absolute atomic E-state index is 0.00786. The number of hydrazine groups is 1. The van der Waals surface area contributed by atoms with Crippen molar-refractivity contribution in [1.82, 2.24) is 15.8 Å². The Kier molecular flexibility index (Phi) is 6.78. The molecule has 29 heavy (non-hydrogen) atoms. The van der Waals surface area contributed by atoms with Gasteiger partial charge in [0.15, 0.2) is 0 Å². The van der Waals surface area contributed by atoms with Crippen LogP contribution in [0.15, 0.2) is 54.6 Å². The van der Waals surface area contributed by atoms with Gasteiger partial charge < -0.3 is 9.80 Å². The van der Waals surface area contributed by atoms with Gasteiger partial charge in [0.05, 0.1) is 0 Å². The SMILES string of the molecule is O=C(CCC(=O)N1CCN(c2ccc(F)cc2)CC1)NNC(=O)c1ccccc1. The Hall–Kier alpha value is -3.42. The van der Waals surface area contributed by atoms with Crippen LogP contribution in [0, 0.1) is 5.82 Å². The third kappa shape index (κ3) is 5.78. The van der Waals surface area contributed by atoms with E-state index in [1.54, 1.807) is 47.4 Å². The van der Waals surface area contributed by atoms with E-state index < -0.39 is 11.8 Å². The molecular formula is C21H23FN4O3. The molecule has 1 aliphatic rings. The van der Waals surface area contributed by atoms with E-state index in [-0.39, 0.29) is 24.6 Å². The number of rotatable bonds is 5. The molecule has 0 radical (unpaired) electrons. The molecule has 0 spiro atoms. The van der Waals surface area contributed by atoms with E-state index >= 15 is 0 Å². The Morgan fingerprint density at radius 1 is 0.828 bits per heavy atom. The van der Waals surface area contributed by atoms with E-state index in [4.69, 9.17) is 0 Å². The summed E-state index contributed by atoms with van der Waals surface area (Å²) in [5.74, 6) is -1.22. The highest BCUT2D eigenvalue weighted by Gasteiger charge is 2.21. The summed E-state index contributed by atoms with van der Waals surface area (Å²) in [5, 5.41) is 0. The molecular weight excluding hydrogens is 375 g/mol. The lowest BCUT2D eigenvalue weighted by atomic mass is 10.2. The molecule has 1 aliphatic heterocycles. The molecule has 8 heteroatoms. The molecule has 2 aromatic rings. The minimum atomic E-state index is -0.424. The predicted molar refractivity (Wildman–Crippen MR) is 106 cm³/mol. The maximum Gasteiger partial charge on any atom is 0.269 e. The number of halogens is 1. The molecule has 1 heterocycles. The zero-order valence-corrected chi connectivity index (χ0v) is 15.9. The van der Waals surface area contributed by atoms with Crippen molar-refractivity contribution in [3.8, 4) is 0 Å². The molecule has 3 amide bonds. The zero-order valence-electron chi connectivity index (χ0n) is 15.9. The van der Waals surface area contributed by atoms with Crippen LogP contribution in [0.3, 0.4) is 0 Å². The maximum absolute atomic E-state index is 13.0. The second kappa shape index (κ2) is 9.68. The molecule has 1 saturated heterocycles. The lowest BCUT2D eigenvalue weighted by Crippen LogP contribution is -2.49. The highest BCUT2D eigenvalue weighted by atomic mass is 19.1. The number of piperazine rings is 1. The fraction of sp³-hybridized carbons (Fsp3) is 0.286. The largest absolute Gasteiger partial charge is 0.368 e. The third-order valence-electron chi connectivity index (χ3n) is 4.74.